The van der Waals surface area contributed by atoms with E-state index in [1.165, 1.54) is 24.8 Å². The fourth-order valence-electron chi connectivity index (χ4n) is 6.34. The summed E-state index contributed by atoms with van der Waals surface area (Å²) < 4.78 is 0. The molecule has 3 fully saturated rings. The van der Waals surface area contributed by atoms with Gasteiger partial charge in [0.15, 0.2) is 5.66 Å². The maximum atomic E-state index is 13.0. The standard InChI is InChI=1S/C24H30N4O/c1-2-3-13-24(25-26-24)14-10-21(29)28-18-22-11-7-12-23(22,19-28)17-27(16-22)15-20-8-5-4-6-9-20/h1,4-6,8-9H,3,7,10-19H2. The first-order valence-electron chi connectivity index (χ1n) is 11.0. The van der Waals surface area contributed by atoms with Crippen LogP contribution in [0.5, 0.6) is 0 Å². The van der Waals surface area contributed by atoms with Gasteiger partial charge < -0.3 is 4.90 Å². The van der Waals surface area contributed by atoms with Crippen molar-refractivity contribution >= 4 is 5.91 Å². The molecule has 0 aromatic heterocycles. The fourth-order valence-corrected chi connectivity index (χ4v) is 6.34. The predicted octanol–water partition coefficient (Wildman–Crippen LogP) is 3.86. The summed E-state index contributed by atoms with van der Waals surface area (Å²) in [7, 11) is 0. The Morgan fingerprint density at radius 3 is 2.34 bits per heavy atom. The molecule has 4 aliphatic rings. The van der Waals surface area contributed by atoms with Crippen LogP contribution in [-0.2, 0) is 11.3 Å². The van der Waals surface area contributed by atoms with Crippen LogP contribution in [-0.4, -0.2) is 47.5 Å². The summed E-state index contributed by atoms with van der Waals surface area (Å²) in [5, 5.41) is 8.37. The number of likely N-dealkylation sites (tertiary alicyclic amines) is 2. The van der Waals surface area contributed by atoms with Gasteiger partial charge >= 0.3 is 0 Å². The van der Waals surface area contributed by atoms with Crippen molar-refractivity contribution in [1.82, 2.24) is 9.80 Å². The van der Waals surface area contributed by atoms with Crippen molar-refractivity contribution in [3.05, 3.63) is 35.9 Å². The molecule has 1 aromatic rings. The summed E-state index contributed by atoms with van der Waals surface area (Å²) in [6.45, 7) is 5.15. The van der Waals surface area contributed by atoms with Crippen LogP contribution in [0.4, 0.5) is 0 Å². The van der Waals surface area contributed by atoms with Gasteiger partial charge in [-0.3, -0.25) is 9.69 Å². The number of nitrogens with zero attached hydrogens (tertiary/aromatic N) is 4. The molecule has 3 aliphatic heterocycles. The molecule has 1 aromatic carbocycles. The second-order valence-corrected chi connectivity index (χ2v) is 9.68. The Morgan fingerprint density at radius 2 is 1.72 bits per heavy atom. The minimum Gasteiger partial charge on any atom is -0.341 e. The monoisotopic (exact) mass is 390 g/mol. The molecule has 2 unspecified atom stereocenters. The normalized spacial score (nSPS) is 31.5. The third-order valence-corrected chi connectivity index (χ3v) is 7.87. The second-order valence-electron chi connectivity index (χ2n) is 9.68. The molecule has 0 radical (unpaired) electrons. The number of terminal acetylenes is 1. The molecule has 29 heavy (non-hydrogen) atoms. The first kappa shape index (κ1) is 18.8. The van der Waals surface area contributed by atoms with Gasteiger partial charge in [0.25, 0.3) is 0 Å². The van der Waals surface area contributed by atoms with Crippen LogP contribution in [0.2, 0.25) is 0 Å². The van der Waals surface area contributed by atoms with Gasteiger partial charge in [-0.2, -0.15) is 10.2 Å². The Balaban J connectivity index is 1.21. The zero-order valence-corrected chi connectivity index (χ0v) is 17.1. The average Bonchev–Trinajstić information content (AvgIpc) is 3.19. The summed E-state index contributed by atoms with van der Waals surface area (Å²) in [5.41, 5.74) is 1.64. The first-order chi connectivity index (χ1) is 14.1. The quantitative estimate of drug-likeness (QED) is 0.664. The van der Waals surface area contributed by atoms with Crippen molar-refractivity contribution in [2.45, 2.75) is 57.2 Å². The molecule has 1 amide bonds. The number of hydrogen-bond donors (Lipinski definition) is 0. The van der Waals surface area contributed by atoms with Gasteiger partial charge in [-0.15, -0.1) is 12.3 Å². The van der Waals surface area contributed by atoms with E-state index in [2.05, 4.69) is 56.3 Å². The van der Waals surface area contributed by atoms with Crippen LogP contribution >= 0.6 is 0 Å². The molecule has 2 saturated heterocycles. The minimum absolute atomic E-state index is 0.284. The zero-order valence-electron chi connectivity index (χ0n) is 17.1. The highest BCUT2D eigenvalue weighted by Crippen LogP contribution is 2.62. The van der Waals surface area contributed by atoms with Crippen LogP contribution in [0.25, 0.3) is 0 Å². The first-order valence-corrected chi connectivity index (χ1v) is 11.0. The second kappa shape index (κ2) is 6.95. The highest BCUT2D eigenvalue weighted by atomic mass is 16.2. The van der Waals surface area contributed by atoms with Crippen molar-refractivity contribution in [1.29, 1.82) is 0 Å². The van der Waals surface area contributed by atoms with Gasteiger partial charge in [-0.25, -0.2) is 0 Å². The lowest BCUT2D eigenvalue weighted by Gasteiger charge is -2.30. The van der Waals surface area contributed by atoms with Crippen molar-refractivity contribution in [2.24, 2.45) is 21.1 Å². The topological polar surface area (TPSA) is 48.3 Å². The van der Waals surface area contributed by atoms with Gasteiger partial charge in [0.05, 0.1) is 0 Å². The summed E-state index contributed by atoms with van der Waals surface area (Å²) in [5.74, 6) is 2.94. The van der Waals surface area contributed by atoms with E-state index in [-0.39, 0.29) is 11.6 Å². The molecular formula is C24H30N4O. The summed E-state index contributed by atoms with van der Waals surface area (Å²) >= 11 is 0. The van der Waals surface area contributed by atoms with E-state index >= 15 is 0 Å². The average molecular weight is 391 g/mol. The summed E-state index contributed by atoms with van der Waals surface area (Å²) in [4.78, 5) is 17.8. The van der Waals surface area contributed by atoms with E-state index in [0.717, 1.165) is 39.1 Å². The molecular weight excluding hydrogens is 360 g/mol. The number of benzene rings is 1. The van der Waals surface area contributed by atoms with Crippen molar-refractivity contribution < 1.29 is 4.79 Å². The smallest absolute Gasteiger partial charge is 0.222 e. The summed E-state index contributed by atoms with van der Waals surface area (Å²) in [6.07, 6.45) is 11.9. The molecule has 5 rings (SSSR count). The maximum Gasteiger partial charge on any atom is 0.222 e. The van der Waals surface area contributed by atoms with Gasteiger partial charge in [-0.05, 0) is 18.4 Å². The lowest BCUT2D eigenvalue weighted by atomic mass is 9.71. The van der Waals surface area contributed by atoms with Gasteiger partial charge in [0.2, 0.25) is 5.91 Å². The Bertz CT molecular complexity index is 831. The van der Waals surface area contributed by atoms with Crippen molar-refractivity contribution in [3.8, 4) is 12.3 Å². The van der Waals surface area contributed by atoms with E-state index in [1.807, 2.05) is 0 Å². The summed E-state index contributed by atoms with van der Waals surface area (Å²) in [6, 6.07) is 10.8. The van der Waals surface area contributed by atoms with E-state index in [1.54, 1.807) is 0 Å². The molecule has 1 aliphatic carbocycles. The van der Waals surface area contributed by atoms with Crippen LogP contribution in [0.3, 0.4) is 0 Å². The maximum absolute atomic E-state index is 13.0. The van der Waals surface area contributed by atoms with Gasteiger partial charge in [0, 0.05) is 69.2 Å². The zero-order chi connectivity index (χ0) is 20.0. The van der Waals surface area contributed by atoms with Gasteiger partial charge in [0.1, 0.15) is 0 Å². The third kappa shape index (κ3) is 3.28. The Morgan fingerprint density at radius 1 is 1.03 bits per heavy atom. The number of carbonyl (C=O) groups excluding carboxylic acids is 1. The molecule has 5 heteroatoms. The molecule has 0 bridgehead atoms. The minimum atomic E-state index is -0.351. The molecule has 0 N–H and O–H groups in total. The number of amides is 1. The molecule has 5 nitrogen and oxygen atoms in total. The van der Waals surface area contributed by atoms with Crippen LogP contribution < -0.4 is 0 Å². The lowest BCUT2D eigenvalue weighted by Crippen LogP contribution is -2.37. The van der Waals surface area contributed by atoms with Crippen molar-refractivity contribution in [3.63, 3.8) is 0 Å². The molecule has 152 valence electrons. The Hall–Kier alpha value is -2.19. The van der Waals surface area contributed by atoms with Crippen LogP contribution in [0.15, 0.2) is 40.6 Å². The predicted molar refractivity (Wildman–Crippen MR) is 112 cm³/mol. The molecule has 2 atom stereocenters. The Kier molecular flexibility index (Phi) is 4.51. The van der Waals surface area contributed by atoms with Gasteiger partial charge in [-0.1, -0.05) is 36.8 Å². The van der Waals surface area contributed by atoms with E-state index < -0.39 is 0 Å². The molecule has 1 saturated carbocycles. The van der Waals surface area contributed by atoms with Crippen molar-refractivity contribution in [2.75, 3.05) is 26.2 Å². The van der Waals surface area contributed by atoms with E-state index in [9.17, 15) is 4.79 Å². The third-order valence-electron chi connectivity index (χ3n) is 7.87. The number of rotatable bonds is 7. The highest BCUT2D eigenvalue weighted by Gasteiger charge is 2.65. The Labute approximate surface area is 173 Å². The van der Waals surface area contributed by atoms with Crippen LogP contribution in [0.1, 0.15) is 50.5 Å². The number of hydrogen-bond acceptors (Lipinski definition) is 4. The molecule has 0 spiro atoms. The highest BCUT2D eigenvalue weighted by molar-refractivity contribution is 5.77. The lowest BCUT2D eigenvalue weighted by molar-refractivity contribution is -0.131. The van der Waals surface area contributed by atoms with E-state index in [4.69, 9.17) is 6.42 Å². The SMILES string of the molecule is C#CCCC1(CCC(=O)N2CC34CCCC3(CN(Cc3ccccc3)C4)C2)N=N1. The largest absolute Gasteiger partial charge is 0.341 e. The molecule has 3 heterocycles. The van der Waals surface area contributed by atoms with E-state index in [0.29, 0.717) is 30.1 Å². The number of carbonyl (C=O) groups is 1. The fraction of sp³-hybridized carbons (Fsp3) is 0.625. The van der Waals surface area contributed by atoms with Crippen LogP contribution in [0, 0.1) is 23.2 Å².